The number of carbonyl (C=O) groups excluding carboxylic acids is 2. The van der Waals surface area contributed by atoms with Crippen LogP contribution >= 0.6 is 0 Å². The number of ether oxygens (including phenoxy) is 2. The molecular formula is C39H48N4O4. The van der Waals surface area contributed by atoms with Gasteiger partial charge in [-0.25, -0.2) is 14.6 Å². The largest absolute Gasteiger partial charge is 0.444 e. The van der Waals surface area contributed by atoms with E-state index < -0.39 is 23.4 Å². The molecule has 8 nitrogen and oxygen atoms in total. The van der Waals surface area contributed by atoms with Gasteiger partial charge in [0.05, 0.1) is 17.9 Å². The number of carbonyl (C=O) groups is 2. The molecule has 0 unspecified atom stereocenters. The summed E-state index contributed by atoms with van der Waals surface area (Å²) in [6, 6.07) is 23.4. The number of nitrogens with zero attached hydrogens (tertiary/aromatic N) is 2. The summed E-state index contributed by atoms with van der Waals surface area (Å²) in [5.41, 5.74) is 6.83. The number of hydrogen-bond acceptors (Lipinski definition) is 6. The number of nitrogens with one attached hydrogen (secondary N) is 2. The average molecular weight is 637 g/mol. The van der Waals surface area contributed by atoms with Crippen LogP contribution in [0, 0.1) is 13.8 Å². The van der Waals surface area contributed by atoms with Crippen molar-refractivity contribution in [3.63, 3.8) is 0 Å². The Balaban J connectivity index is 1.75. The second kappa shape index (κ2) is 13.6. The predicted octanol–water partition coefficient (Wildman–Crippen LogP) is 9.39. The lowest BCUT2D eigenvalue weighted by atomic mass is 9.86. The van der Waals surface area contributed by atoms with Crippen molar-refractivity contribution in [2.24, 2.45) is 4.99 Å². The van der Waals surface area contributed by atoms with E-state index in [9.17, 15) is 9.59 Å². The summed E-state index contributed by atoms with van der Waals surface area (Å²) in [7, 11) is 0. The molecule has 0 aliphatic heterocycles. The number of benzene rings is 3. The summed E-state index contributed by atoms with van der Waals surface area (Å²) in [6.45, 7) is 21.4. The second-order valence-corrected chi connectivity index (χ2v) is 14.9. The van der Waals surface area contributed by atoms with Gasteiger partial charge in [-0.1, -0.05) is 69.3 Å². The molecule has 0 atom stereocenters. The van der Waals surface area contributed by atoms with Crippen molar-refractivity contribution in [1.29, 1.82) is 0 Å². The summed E-state index contributed by atoms with van der Waals surface area (Å²) in [5.74, 6) is -0.0987. The Bertz CT molecular complexity index is 1770. The average Bonchev–Trinajstić information content (AvgIpc) is 2.94. The molecule has 2 N–H and O–H groups in total. The first-order valence-corrected chi connectivity index (χ1v) is 15.9. The van der Waals surface area contributed by atoms with Crippen LogP contribution in [-0.2, 0) is 21.4 Å². The fourth-order valence-electron chi connectivity index (χ4n) is 4.95. The molecule has 3 aromatic carbocycles. The molecule has 2 amide bonds. The standard InChI is InChI=1S/C39H48N4O4/c1-24-19-29-22-32(28-14-12-13-27(21-28)26-15-17-30(18-16-26)37(3,4)5)41-33(31(29)20-25(24)2)23-40-34(42-35(44)46-38(6,7)8)43-36(45)47-39(9,10)11/h12-22H,23H2,1-11H3,(H2,40,42,43,44,45). The molecule has 8 heteroatoms. The van der Waals surface area contributed by atoms with Crippen molar-refractivity contribution >= 4 is 28.9 Å². The number of hydrogen-bond donors (Lipinski definition) is 2. The Morgan fingerprint density at radius 2 is 1.26 bits per heavy atom. The highest BCUT2D eigenvalue weighted by atomic mass is 16.6. The first kappa shape index (κ1) is 35.1. The molecule has 0 saturated heterocycles. The van der Waals surface area contributed by atoms with Gasteiger partial charge in [-0.05, 0) is 112 Å². The van der Waals surface area contributed by atoms with Crippen LogP contribution in [0.5, 0.6) is 0 Å². The molecule has 0 aliphatic carbocycles. The van der Waals surface area contributed by atoms with Gasteiger partial charge in [-0.2, -0.15) is 0 Å². The highest BCUT2D eigenvalue weighted by Gasteiger charge is 2.22. The third kappa shape index (κ3) is 9.88. The lowest BCUT2D eigenvalue weighted by molar-refractivity contribution is 0.0545. The highest BCUT2D eigenvalue weighted by molar-refractivity contribution is 6.01. The molecule has 0 fully saturated rings. The van der Waals surface area contributed by atoms with Gasteiger partial charge < -0.3 is 9.47 Å². The molecule has 0 spiro atoms. The van der Waals surface area contributed by atoms with Crippen LogP contribution in [0.2, 0.25) is 0 Å². The van der Waals surface area contributed by atoms with E-state index in [2.05, 4.69) is 111 Å². The monoisotopic (exact) mass is 636 g/mol. The molecule has 47 heavy (non-hydrogen) atoms. The minimum Gasteiger partial charge on any atom is -0.444 e. The Morgan fingerprint density at radius 3 is 1.81 bits per heavy atom. The van der Waals surface area contributed by atoms with E-state index >= 15 is 0 Å². The molecule has 0 radical (unpaired) electrons. The van der Waals surface area contributed by atoms with E-state index in [1.165, 1.54) is 5.56 Å². The molecular weight excluding hydrogens is 588 g/mol. The van der Waals surface area contributed by atoms with Crippen molar-refractivity contribution in [2.75, 3.05) is 0 Å². The molecule has 4 rings (SSSR count). The van der Waals surface area contributed by atoms with Crippen LogP contribution in [0.4, 0.5) is 9.59 Å². The predicted molar refractivity (Wildman–Crippen MR) is 191 cm³/mol. The van der Waals surface area contributed by atoms with E-state index in [-0.39, 0.29) is 17.9 Å². The van der Waals surface area contributed by atoms with Crippen molar-refractivity contribution in [3.05, 3.63) is 89.1 Å². The third-order valence-corrected chi connectivity index (χ3v) is 7.39. The zero-order chi connectivity index (χ0) is 34.7. The fourth-order valence-corrected chi connectivity index (χ4v) is 4.95. The van der Waals surface area contributed by atoms with Gasteiger partial charge in [0, 0.05) is 10.9 Å². The van der Waals surface area contributed by atoms with E-state index in [0.29, 0.717) is 5.69 Å². The molecule has 0 saturated carbocycles. The Kier molecular flexibility index (Phi) is 10.1. The molecule has 4 aromatic rings. The van der Waals surface area contributed by atoms with Gasteiger partial charge >= 0.3 is 12.2 Å². The maximum atomic E-state index is 12.7. The van der Waals surface area contributed by atoms with Crippen LogP contribution < -0.4 is 10.6 Å². The molecule has 1 heterocycles. The number of alkyl carbamates (subject to hydrolysis) is 2. The van der Waals surface area contributed by atoms with Gasteiger partial charge in [0.25, 0.3) is 0 Å². The quantitative estimate of drug-likeness (QED) is 0.172. The van der Waals surface area contributed by atoms with Gasteiger partial charge in [0.1, 0.15) is 11.2 Å². The normalized spacial score (nSPS) is 12.0. The van der Waals surface area contributed by atoms with Crippen molar-refractivity contribution in [3.8, 4) is 22.4 Å². The van der Waals surface area contributed by atoms with E-state index in [4.69, 9.17) is 14.5 Å². The van der Waals surface area contributed by atoms with Crippen molar-refractivity contribution in [2.45, 2.75) is 99.3 Å². The number of pyridine rings is 1. The van der Waals surface area contributed by atoms with Gasteiger partial charge in [-0.15, -0.1) is 0 Å². The summed E-state index contributed by atoms with van der Waals surface area (Å²) in [4.78, 5) is 35.0. The van der Waals surface area contributed by atoms with Gasteiger partial charge in [0.15, 0.2) is 0 Å². The van der Waals surface area contributed by atoms with Crippen LogP contribution in [0.15, 0.2) is 71.7 Å². The number of aromatic nitrogens is 1. The van der Waals surface area contributed by atoms with Crippen LogP contribution in [0.3, 0.4) is 0 Å². The van der Waals surface area contributed by atoms with Gasteiger partial charge in [0.2, 0.25) is 5.96 Å². The topological polar surface area (TPSA) is 102 Å². The SMILES string of the molecule is Cc1cc2cc(-c3cccc(-c4ccc(C(C)(C)C)cc4)c3)nc(CN=C(NC(=O)OC(C)(C)C)NC(=O)OC(C)(C)C)c2cc1C. The number of aliphatic imine (C=N–C) groups is 1. The van der Waals surface area contributed by atoms with Crippen molar-refractivity contribution in [1.82, 2.24) is 15.6 Å². The maximum absolute atomic E-state index is 12.7. The fraction of sp³-hybridized carbons (Fsp3) is 0.385. The Morgan fingerprint density at radius 1 is 0.702 bits per heavy atom. The summed E-state index contributed by atoms with van der Waals surface area (Å²) in [6.07, 6.45) is -1.50. The van der Waals surface area contributed by atoms with Crippen LogP contribution in [0.25, 0.3) is 33.2 Å². The number of guanidine groups is 1. The number of rotatable bonds is 4. The zero-order valence-corrected chi connectivity index (χ0v) is 29.6. The Labute approximate surface area is 279 Å². The lowest BCUT2D eigenvalue weighted by Gasteiger charge is -2.22. The molecule has 0 bridgehead atoms. The smallest absolute Gasteiger partial charge is 0.414 e. The lowest BCUT2D eigenvalue weighted by Crippen LogP contribution is -2.47. The molecule has 1 aromatic heterocycles. The molecule has 248 valence electrons. The van der Waals surface area contributed by atoms with Gasteiger partial charge in [-0.3, -0.25) is 15.6 Å². The first-order chi connectivity index (χ1) is 21.8. The van der Waals surface area contributed by atoms with E-state index in [1.54, 1.807) is 41.5 Å². The second-order valence-electron chi connectivity index (χ2n) is 14.9. The highest BCUT2D eigenvalue weighted by Crippen LogP contribution is 2.31. The van der Waals surface area contributed by atoms with Crippen molar-refractivity contribution < 1.29 is 19.1 Å². The third-order valence-electron chi connectivity index (χ3n) is 7.39. The van der Waals surface area contributed by atoms with E-state index in [0.717, 1.165) is 44.3 Å². The number of fused-ring (bicyclic) bond motifs is 1. The molecule has 0 aliphatic rings. The number of aryl methyl sites for hydroxylation is 2. The summed E-state index contributed by atoms with van der Waals surface area (Å²) < 4.78 is 10.8. The minimum absolute atomic E-state index is 0.0712. The zero-order valence-electron chi connectivity index (χ0n) is 29.6. The van der Waals surface area contributed by atoms with E-state index in [1.807, 2.05) is 6.07 Å². The Hall–Kier alpha value is -4.72. The number of amides is 2. The maximum Gasteiger partial charge on any atom is 0.414 e. The summed E-state index contributed by atoms with van der Waals surface area (Å²) >= 11 is 0. The summed E-state index contributed by atoms with van der Waals surface area (Å²) in [5, 5.41) is 7.08. The first-order valence-electron chi connectivity index (χ1n) is 15.9. The van der Waals surface area contributed by atoms with Crippen LogP contribution in [-0.4, -0.2) is 34.3 Å². The van der Waals surface area contributed by atoms with Crippen LogP contribution in [0.1, 0.15) is 84.7 Å². The minimum atomic E-state index is -0.752.